The van der Waals surface area contributed by atoms with Crippen molar-refractivity contribution in [1.29, 1.82) is 0 Å². The number of hydrogen-bond donors (Lipinski definition) is 1. The van der Waals surface area contributed by atoms with E-state index in [4.69, 9.17) is 0 Å². The molecule has 1 heterocycles. The molecular formula is C17H25NS. The fourth-order valence-electron chi connectivity index (χ4n) is 2.69. The van der Waals surface area contributed by atoms with E-state index in [1.807, 2.05) is 11.3 Å². The van der Waals surface area contributed by atoms with Gasteiger partial charge in [0.25, 0.3) is 0 Å². The van der Waals surface area contributed by atoms with Crippen molar-refractivity contribution in [3.05, 3.63) is 33.7 Å². The molecule has 0 unspecified atom stereocenters. The average molecular weight is 275 g/mol. The first-order chi connectivity index (χ1) is 9.17. The number of nitrogens with one attached hydrogen (secondary N) is 1. The fraction of sp³-hybridized carbons (Fsp3) is 0.529. The van der Waals surface area contributed by atoms with E-state index in [2.05, 4.69) is 45.1 Å². The lowest BCUT2D eigenvalue weighted by Gasteiger charge is -2.05. The van der Waals surface area contributed by atoms with Crippen LogP contribution in [0.4, 0.5) is 0 Å². The molecule has 0 aliphatic rings. The highest BCUT2D eigenvalue weighted by atomic mass is 32.1. The van der Waals surface area contributed by atoms with Crippen molar-refractivity contribution < 1.29 is 0 Å². The number of hydrogen-bond acceptors (Lipinski definition) is 2. The molecule has 0 fully saturated rings. The van der Waals surface area contributed by atoms with E-state index in [9.17, 15) is 0 Å². The Bertz CT molecular complexity index is 554. The second kappa shape index (κ2) is 6.53. The molecule has 0 aliphatic heterocycles. The van der Waals surface area contributed by atoms with Gasteiger partial charge in [0.05, 0.1) is 0 Å². The molecule has 1 aromatic carbocycles. The lowest BCUT2D eigenvalue weighted by molar-refractivity contribution is 0.677. The molecule has 1 N–H and O–H groups in total. The van der Waals surface area contributed by atoms with E-state index >= 15 is 0 Å². The number of fused-ring (bicyclic) bond motifs is 1. The van der Waals surface area contributed by atoms with Gasteiger partial charge in [0.15, 0.2) is 0 Å². The van der Waals surface area contributed by atoms with Crippen LogP contribution in [0, 0.1) is 13.8 Å². The molecule has 0 spiro atoms. The minimum atomic E-state index is 1.03. The maximum atomic E-state index is 3.56. The summed E-state index contributed by atoms with van der Waals surface area (Å²) in [4.78, 5) is 1.54. The molecule has 19 heavy (non-hydrogen) atoms. The molecule has 104 valence electrons. The van der Waals surface area contributed by atoms with Gasteiger partial charge in [-0.25, -0.2) is 0 Å². The molecule has 0 aliphatic carbocycles. The Labute approximate surface area is 121 Å². The molecule has 2 aromatic rings. The SMILES string of the molecule is CCCNCc1sc2c(C)cc(C)cc2c1CCC. The van der Waals surface area contributed by atoms with E-state index in [1.165, 1.54) is 40.5 Å². The third-order valence-electron chi connectivity index (χ3n) is 3.52. The van der Waals surface area contributed by atoms with Crippen molar-refractivity contribution in [2.24, 2.45) is 0 Å². The lowest BCUT2D eigenvalue weighted by atomic mass is 10.0. The molecule has 0 amide bonds. The first-order valence-electron chi connectivity index (χ1n) is 7.39. The van der Waals surface area contributed by atoms with Gasteiger partial charge in [0.2, 0.25) is 0 Å². The zero-order valence-electron chi connectivity index (χ0n) is 12.6. The van der Waals surface area contributed by atoms with Gasteiger partial charge in [-0.05, 0) is 49.7 Å². The molecule has 0 bridgehead atoms. The quantitative estimate of drug-likeness (QED) is 0.734. The summed E-state index contributed by atoms with van der Waals surface area (Å²) in [7, 11) is 0. The van der Waals surface area contributed by atoms with Gasteiger partial charge in [-0.2, -0.15) is 0 Å². The Kier molecular flexibility index (Phi) is 5.00. The first-order valence-corrected chi connectivity index (χ1v) is 8.21. The lowest BCUT2D eigenvalue weighted by Crippen LogP contribution is -2.13. The summed E-state index contributed by atoms with van der Waals surface area (Å²) in [6.07, 6.45) is 3.62. The van der Waals surface area contributed by atoms with Crippen LogP contribution in [-0.2, 0) is 13.0 Å². The van der Waals surface area contributed by atoms with Crippen molar-refractivity contribution in [2.75, 3.05) is 6.54 Å². The third-order valence-corrected chi connectivity index (χ3v) is 4.90. The molecule has 2 heteroatoms. The first kappa shape index (κ1) is 14.5. The third kappa shape index (κ3) is 3.18. The van der Waals surface area contributed by atoms with Crippen molar-refractivity contribution in [1.82, 2.24) is 5.32 Å². The summed E-state index contributed by atoms with van der Waals surface area (Å²) in [5, 5.41) is 5.05. The Balaban J connectivity index is 2.44. The van der Waals surface area contributed by atoms with Crippen molar-refractivity contribution >= 4 is 21.4 Å². The summed E-state index contributed by atoms with van der Waals surface area (Å²) in [5.74, 6) is 0. The zero-order chi connectivity index (χ0) is 13.8. The summed E-state index contributed by atoms with van der Waals surface area (Å²) < 4.78 is 1.49. The fourth-order valence-corrected chi connectivity index (χ4v) is 3.96. The number of rotatable bonds is 6. The van der Waals surface area contributed by atoms with Crippen LogP contribution in [0.3, 0.4) is 0 Å². The molecular weight excluding hydrogens is 250 g/mol. The minimum absolute atomic E-state index is 1.03. The van der Waals surface area contributed by atoms with Crippen LogP contribution in [0.1, 0.15) is 48.3 Å². The van der Waals surface area contributed by atoms with E-state index in [0.717, 1.165) is 13.1 Å². The normalized spacial score (nSPS) is 11.4. The van der Waals surface area contributed by atoms with Crippen LogP contribution < -0.4 is 5.32 Å². The average Bonchev–Trinajstić information content (AvgIpc) is 2.70. The van der Waals surface area contributed by atoms with Crippen LogP contribution >= 0.6 is 11.3 Å². The number of benzene rings is 1. The summed E-state index contributed by atoms with van der Waals surface area (Å²) in [5.41, 5.74) is 4.39. The second-order valence-corrected chi connectivity index (χ2v) is 6.49. The van der Waals surface area contributed by atoms with Crippen molar-refractivity contribution in [2.45, 2.75) is 53.5 Å². The zero-order valence-corrected chi connectivity index (χ0v) is 13.4. The van der Waals surface area contributed by atoms with Gasteiger partial charge in [0.1, 0.15) is 0 Å². The van der Waals surface area contributed by atoms with Crippen molar-refractivity contribution in [3.8, 4) is 0 Å². The highest BCUT2D eigenvalue weighted by Gasteiger charge is 2.13. The highest BCUT2D eigenvalue weighted by Crippen LogP contribution is 2.35. The van der Waals surface area contributed by atoms with Gasteiger partial charge in [0, 0.05) is 16.1 Å². The summed E-state index contributed by atoms with van der Waals surface area (Å²) >= 11 is 1.99. The van der Waals surface area contributed by atoms with Gasteiger partial charge in [-0.15, -0.1) is 11.3 Å². The molecule has 0 radical (unpaired) electrons. The molecule has 2 rings (SSSR count). The Morgan fingerprint density at radius 2 is 1.89 bits per heavy atom. The highest BCUT2D eigenvalue weighted by molar-refractivity contribution is 7.19. The van der Waals surface area contributed by atoms with Crippen LogP contribution in [0.25, 0.3) is 10.1 Å². The largest absolute Gasteiger partial charge is 0.312 e. The standard InChI is InChI=1S/C17H25NS/c1-5-7-14-15-10-12(3)9-13(4)17(15)19-16(14)11-18-8-6-2/h9-10,18H,5-8,11H2,1-4H3. The predicted octanol–water partition coefficient (Wildman–Crippen LogP) is 4.97. The second-order valence-electron chi connectivity index (χ2n) is 5.39. The predicted molar refractivity (Wildman–Crippen MR) is 87.3 cm³/mol. The smallest absolute Gasteiger partial charge is 0.0378 e. The van der Waals surface area contributed by atoms with E-state index in [0.29, 0.717) is 0 Å². The van der Waals surface area contributed by atoms with Crippen molar-refractivity contribution in [3.63, 3.8) is 0 Å². The van der Waals surface area contributed by atoms with Gasteiger partial charge in [-0.1, -0.05) is 38.0 Å². The molecule has 0 atom stereocenters. The maximum absolute atomic E-state index is 3.56. The van der Waals surface area contributed by atoms with Gasteiger partial charge in [-0.3, -0.25) is 0 Å². The number of aryl methyl sites for hydroxylation is 3. The van der Waals surface area contributed by atoms with E-state index in [1.54, 1.807) is 10.4 Å². The van der Waals surface area contributed by atoms with Crippen LogP contribution in [0.15, 0.2) is 12.1 Å². The number of thiophene rings is 1. The Morgan fingerprint density at radius 1 is 1.11 bits per heavy atom. The van der Waals surface area contributed by atoms with Crippen LogP contribution in [0.2, 0.25) is 0 Å². The summed E-state index contributed by atoms with van der Waals surface area (Å²) in [6, 6.07) is 4.67. The maximum Gasteiger partial charge on any atom is 0.0378 e. The Hall–Kier alpha value is -0.860. The monoisotopic (exact) mass is 275 g/mol. The van der Waals surface area contributed by atoms with Gasteiger partial charge < -0.3 is 5.32 Å². The van der Waals surface area contributed by atoms with Gasteiger partial charge >= 0.3 is 0 Å². The molecule has 0 saturated heterocycles. The minimum Gasteiger partial charge on any atom is -0.312 e. The van der Waals surface area contributed by atoms with E-state index < -0.39 is 0 Å². The van der Waals surface area contributed by atoms with Crippen LogP contribution in [0.5, 0.6) is 0 Å². The van der Waals surface area contributed by atoms with E-state index in [-0.39, 0.29) is 0 Å². The molecule has 1 aromatic heterocycles. The topological polar surface area (TPSA) is 12.0 Å². The van der Waals surface area contributed by atoms with Crippen LogP contribution in [-0.4, -0.2) is 6.54 Å². The Morgan fingerprint density at radius 3 is 2.58 bits per heavy atom. The molecule has 1 nitrogen and oxygen atoms in total. The summed E-state index contributed by atoms with van der Waals surface area (Å²) in [6.45, 7) is 11.1. The molecule has 0 saturated carbocycles.